The number of rotatable bonds is 5. The Morgan fingerprint density at radius 2 is 1.87 bits per heavy atom. The van der Waals surface area contributed by atoms with Gasteiger partial charge in [0, 0.05) is 36.6 Å². The highest BCUT2D eigenvalue weighted by Gasteiger charge is 2.20. The van der Waals surface area contributed by atoms with Crippen molar-refractivity contribution in [3.8, 4) is 0 Å². The second kappa shape index (κ2) is 7.59. The Bertz CT molecular complexity index is 540. The molecule has 1 fully saturated rings. The molecule has 126 valence electrons. The predicted octanol–water partition coefficient (Wildman–Crippen LogP) is 2.12. The largest absolute Gasteiger partial charge is 0.381 e. The Morgan fingerprint density at radius 3 is 2.43 bits per heavy atom. The van der Waals surface area contributed by atoms with Crippen LogP contribution in [0.5, 0.6) is 0 Å². The summed E-state index contributed by atoms with van der Waals surface area (Å²) in [4.78, 5) is 23.9. The maximum atomic E-state index is 12.1. The number of ether oxygens (including phenoxy) is 1. The summed E-state index contributed by atoms with van der Waals surface area (Å²) in [5.74, 6) is 0.367. The number of carbonyl (C=O) groups is 2. The molecule has 1 aromatic rings. The fourth-order valence-electron chi connectivity index (χ4n) is 2.30. The molecular weight excluding hydrogens is 292 g/mol. The molecular formula is C18H26N2O3. The summed E-state index contributed by atoms with van der Waals surface area (Å²) in [7, 11) is 0. The van der Waals surface area contributed by atoms with E-state index >= 15 is 0 Å². The van der Waals surface area contributed by atoms with Gasteiger partial charge in [0.05, 0.1) is 6.61 Å². The quantitative estimate of drug-likeness (QED) is 0.874. The van der Waals surface area contributed by atoms with Gasteiger partial charge in [0.2, 0.25) is 5.91 Å². The van der Waals surface area contributed by atoms with E-state index < -0.39 is 5.41 Å². The van der Waals surface area contributed by atoms with E-state index in [-0.39, 0.29) is 11.8 Å². The lowest BCUT2D eigenvalue weighted by atomic mass is 9.95. The molecule has 5 nitrogen and oxygen atoms in total. The van der Waals surface area contributed by atoms with Crippen molar-refractivity contribution in [1.82, 2.24) is 10.6 Å². The van der Waals surface area contributed by atoms with Crippen molar-refractivity contribution in [2.24, 2.45) is 11.3 Å². The van der Waals surface area contributed by atoms with E-state index in [0.29, 0.717) is 24.6 Å². The van der Waals surface area contributed by atoms with Gasteiger partial charge in [-0.1, -0.05) is 32.9 Å². The van der Waals surface area contributed by atoms with Crippen LogP contribution in [0.2, 0.25) is 0 Å². The second-order valence-corrected chi connectivity index (χ2v) is 7.07. The van der Waals surface area contributed by atoms with E-state index in [1.807, 2.05) is 32.9 Å². The lowest BCUT2D eigenvalue weighted by Gasteiger charge is -2.17. The van der Waals surface area contributed by atoms with E-state index in [1.54, 1.807) is 12.1 Å². The Hall–Kier alpha value is -1.88. The lowest BCUT2D eigenvalue weighted by Crippen LogP contribution is -2.34. The molecule has 0 spiro atoms. The lowest BCUT2D eigenvalue weighted by molar-refractivity contribution is -0.128. The zero-order valence-corrected chi connectivity index (χ0v) is 14.1. The van der Waals surface area contributed by atoms with Crippen LogP contribution < -0.4 is 10.6 Å². The normalized spacial score (nSPS) is 17.8. The van der Waals surface area contributed by atoms with E-state index in [4.69, 9.17) is 4.74 Å². The van der Waals surface area contributed by atoms with Crippen LogP contribution in [0.15, 0.2) is 24.3 Å². The van der Waals surface area contributed by atoms with Crippen LogP contribution in [-0.2, 0) is 16.1 Å². The first-order valence-electron chi connectivity index (χ1n) is 8.09. The molecule has 0 bridgehead atoms. The second-order valence-electron chi connectivity index (χ2n) is 7.07. The third-order valence-electron chi connectivity index (χ3n) is 3.93. The standard InChI is InChI=1S/C18H26N2O3/c1-18(2,3)17(22)20-10-13-4-6-15(7-5-13)16(21)19-11-14-8-9-23-12-14/h4-7,14H,8-12H2,1-3H3,(H,19,21)(H,20,22)/t14-/m0/s1. The average molecular weight is 318 g/mol. The van der Waals surface area contributed by atoms with Crippen molar-refractivity contribution < 1.29 is 14.3 Å². The molecule has 23 heavy (non-hydrogen) atoms. The van der Waals surface area contributed by atoms with Gasteiger partial charge >= 0.3 is 0 Å². The maximum absolute atomic E-state index is 12.1. The molecule has 1 atom stereocenters. The van der Waals surface area contributed by atoms with Gasteiger partial charge in [-0.05, 0) is 24.1 Å². The molecule has 0 saturated carbocycles. The van der Waals surface area contributed by atoms with Gasteiger partial charge in [-0.3, -0.25) is 9.59 Å². The zero-order chi connectivity index (χ0) is 16.9. The predicted molar refractivity (Wildman–Crippen MR) is 89.0 cm³/mol. The number of nitrogens with one attached hydrogen (secondary N) is 2. The van der Waals surface area contributed by atoms with Gasteiger partial charge in [0.15, 0.2) is 0 Å². The Morgan fingerprint density at radius 1 is 1.17 bits per heavy atom. The molecule has 0 aromatic heterocycles. The Kier molecular flexibility index (Phi) is 5.77. The zero-order valence-electron chi connectivity index (χ0n) is 14.1. The number of hydrogen-bond acceptors (Lipinski definition) is 3. The first kappa shape index (κ1) is 17.5. The van der Waals surface area contributed by atoms with Crippen LogP contribution in [0.3, 0.4) is 0 Å². The minimum atomic E-state index is -0.399. The number of amides is 2. The van der Waals surface area contributed by atoms with Crippen LogP contribution in [-0.4, -0.2) is 31.6 Å². The van der Waals surface area contributed by atoms with E-state index in [0.717, 1.165) is 25.2 Å². The molecule has 0 aliphatic carbocycles. The number of benzene rings is 1. The molecule has 1 saturated heterocycles. The molecule has 2 rings (SSSR count). The van der Waals surface area contributed by atoms with Crippen molar-refractivity contribution in [1.29, 1.82) is 0 Å². The topological polar surface area (TPSA) is 67.4 Å². The molecule has 1 aliphatic heterocycles. The molecule has 2 N–H and O–H groups in total. The summed E-state index contributed by atoms with van der Waals surface area (Å²) in [5.41, 5.74) is 1.21. The van der Waals surface area contributed by atoms with E-state index in [2.05, 4.69) is 10.6 Å². The van der Waals surface area contributed by atoms with Crippen LogP contribution in [0.1, 0.15) is 43.1 Å². The molecule has 1 aliphatic rings. The van der Waals surface area contributed by atoms with E-state index in [1.165, 1.54) is 0 Å². The van der Waals surface area contributed by atoms with Gasteiger partial charge in [-0.15, -0.1) is 0 Å². The first-order valence-corrected chi connectivity index (χ1v) is 8.09. The van der Waals surface area contributed by atoms with Crippen LogP contribution >= 0.6 is 0 Å². The fraction of sp³-hybridized carbons (Fsp3) is 0.556. The third-order valence-corrected chi connectivity index (χ3v) is 3.93. The minimum Gasteiger partial charge on any atom is -0.381 e. The summed E-state index contributed by atoms with van der Waals surface area (Å²) in [6, 6.07) is 7.32. The van der Waals surface area contributed by atoms with Gasteiger partial charge in [-0.2, -0.15) is 0 Å². The number of hydrogen-bond donors (Lipinski definition) is 2. The van der Waals surface area contributed by atoms with Crippen LogP contribution in [0.25, 0.3) is 0 Å². The maximum Gasteiger partial charge on any atom is 0.251 e. The molecule has 0 unspecified atom stereocenters. The highest BCUT2D eigenvalue weighted by Crippen LogP contribution is 2.13. The smallest absolute Gasteiger partial charge is 0.251 e. The van der Waals surface area contributed by atoms with Crippen molar-refractivity contribution in [3.05, 3.63) is 35.4 Å². The summed E-state index contributed by atoms with van der Waals surface area (Å²) in [6.07, 6.45) is 1.01. The van der Waals surface area contributed by atoms with Crippen molar-refractivity contribution in [2.75, 3.05) is 19.8 Å². The SMILES string of the molecule is CC(C)(C)C(=O)NCc1ccc(C(=O)NC[C@@H]2CCOC2)cc1. The van der Waals surface area contributed by atoms with Crippen molar-refractivity contribution in [3.63, 3.8) is 0 Å². The van der Waals surface area contributed by atoms with Crippen LogP contribution in [0, 0.1) is 11.3 Å². The summed E-state index contributed by atoms with van der Waals surface area (Å²) < 4.78 is 5.30. The van der Waals surface area contributed by atoms with Crippen molar-refractivity contribution in [2.45, 2.75) is 33.7 Å². The third kappa shape index (κ3) is 5.36. The molecule has 1 aromatic carbocycles. The Balaban J connectivity index is 1.81. The minimum absolute atomic E-state index is 0.0121. The van der Waals surface area contributed by atoms with Gasteiger partial charge in [0.1, 0.15) is 0 Å². The summed E-state index contributed by atoms with van der Waals surface area (Å²) >= 11 is 0. The van der Waals surface area contributed by atoms with Crippen molar-refractivity contribution >= 4 is 11.8 Å². The Labute approximate surface area is 137 Å². The molecule has 2 amide bonds. The summed E-state index contributed by atoms with van der Waals surface area (Å²) in [5, 5.41) is 5.84. The van der Waals surface area contributed by atoms with Gasteiger partial charge in [0.25, 0.3) is 5.91 Å². The number of carbonyl (C=O) groups excluding carboxylic acids is 2. The van der Waals surface area contributed by atoms with Crippen LogP contribution in [0.4, 0.5) is 0 Å². The van der Waals surface area contributed by atoms with Gasteiger partial charge < -0.3 is 15.4 Å². The molecule has 1 heterocycles. The van der Waals surface area contributed by atoms with Gasteiger partial charge in [-0.25, -0.2) is 0 Å². The fourth-order valence-corrected chi connectivity index (χ4v) is 2.30. The highest BCUT2D eigenvalue weighted by molar-refractivity contribution is 5.94. The first-order chi connectivity index (χ1) is 10.9. The monoisotopic (exact) mass is 318 g/mol. The van der Waals surface area contributed by atoms with E-state index in [9.17, 15) is 9.59 Å². The molecule has 5 heteroatoms. The molecule has 0 radical (unpaired) electrons. The average Bonchev–Trinajstić information content (AvgIpc) is 3.03. The highest BCUT2D eigenvalue weighted by atomic mass is 16.5. The summed E-state index contributed by atoms with van der Waals surface area (Å²) in [6.45, 7) is 8.28.